The summed E-state index contributed by atoms with van der Waals surface area (Å²) in [5.41, 5.74) is 6.86. The summed E-state index contributed by atoms with van der Waals surface area (Å²) >= 11 is 12.5. The molecule has 0 saturated carbocycles. The second-order valence-corrected chi connectivity index (χ2v) is 5.55. The average Bonchev–Trinajstić information content (AvgIpc) is 2.42. The van der Waals surface area contributed by atoms with Crippen molar-refractivity contribution in [2.24, 2.45) is 5.73 Å². The zero-order chi connectivity index (χ0) is 13.8. The predicted molar refractivity (Wildman–Crippen MR) is 79.9 cm³/mol. The van der Waals surface area contributed by atoms with E-state index in [9.17, 15) is 0 Å². The summed E-state index contributed by atoms with van der Waals surface area (Å²) < 4.78 is 5.80. The van der Waals surface area contributed by atoms with Gasteiger partial charge in [0.05, 0.1) is 28.8 Å². The van der Waals surface area contributed by atoms with Crippen LogP contribution in [0.5, 0.6) is 0 Å². The van der Waals surface area contributed by atoms with Gasteiger partial charge in [-0.3, -0.25) is 4.90 Å². The summed E-state index contributed by atoms with van der Waals surface area (Å²) in [5.74, 6) is 0. The van der Waals surface area contributed by atoms with Crippen molar-refractivity contribution in [1.29, 1.82) is 0 Å². The van der Waals surface area contributed by atoms with E-state index in [0.717, 1.165) is 31.7 Å². The standard InChI is InChI=1S/C14H20Cl2N2O/c1-2-6-18-7-8-19-12(9-17)14(18)10-4-3-5-11(15)13(10)16/h3-5,12,14H,2,6-9,17H2,1H3. The first-order chi connectivity index (χ1) is 9.19. The van der Waals surface area contributed by atoms with Crippen molar-refractivity contribution in [3.63, 3.8) is 0 Å². The molecule has 0 radical (unpaired) electrons. The Morgan fingerprint density at radius 2 is 2.21 bits per heavy atom. The minimum Gasteiger partial charge on any atom is -0.374 e. The fraction of sp³-hybridized carbons (Fsp3) is 0.571. The molecule has 106 valence electrons. The Morgan fingerprint density at radius 3 is 2.89 bits per heavy atom. The molecule has 1 heterocycles. The lowest BCUT2D eigenvalue weighted by Gasteiger charge is -2.41. The Bertz CT molecular complexity index is 426. The van der Waals surface area contributed by atoms with E-state index in [-0.39, 0.29) is 12.1 Å². The summed E-state index contributed by atoms with van der Waals surface area (Å²) in [6.45, 7) is 5.28. The predicted octanol–water partition coefficient (Wildman–Crippen LogP) is 3.10. The first-order valence-corrected chi connectivity index (χ1v) is 7.44. The van der Waals surface area contributed by atoms with Crippen LogP contribution in [0.3, 0.4) is 0 Å². The van der Waals surface area contributed by atoms with Crippen molar-refractivity contribution in [3.05, 3.63) is 33.8 Å². The van der Waals surface area contributed by atoms with E-state index in [1.54, 1.807) is 6.07 Å². The average molecular weight is 303 g/mol. The summed E-state index contributed by atoms with van der Waals surface area (Å²) in [6.07, 6.45) is 1.06. The first-order valence-electron chi connectivity index (χ1n) is 6.68. The van der Waals surface area contributed by atoms with Crippen LogP contribution in [0, 0.1) is 0 Å². The number of nitrogens with zero attached hydrogens (tertiary/aromatic N) is 1. The van der Waals surface area contributed by atoms with E-state index in [2.05, 4.69) is 11.8 Å². The fourth-order valence-electron chi connectivity index (χ4n) is 2.67. The first kappa shape index (κ1) is 15.1. The monoisotopic (exact) mass is 302 g/mol. The third-order valence-electron chi connectivity index (χ3n) is 3.50. The Labute approximate surface area is 124 Å². The third-order valence-corrected chi connectivity index (χ3v) is 4.33. The van der Waals surface area contributed by atoms with Crippen LogP contribution in [-0.4, -0.2) is 37.2 Å². The molecule has 0 spiro atoms. The Hall–Kier alpha value is -0.320. The van der Waals surface area contributed by atoms with Gasteiger partial charge in [0.25, 0.3) is 0 Å². The van der Waals surface area contributed by atoms with Gasteiger partial charge in [-0.1, -0.05) is 42.3 Å². The molecule has 0 aromatic heterocycles. The smallest absolute Gasteiger partial charge is 0.0894 e. The lowest BCUT2D eigenvalue weighted by atomic mass is 9.97. The minimum atomic E-state index is -0.0312. The number of rotatable bonds is 4. The molecule has 19 heavy (non-hydrogen) atoms. The largest absolute Gasteiger partial charge is 0.374 e. The highest BCUT2D eigenvalue weighted by Gasteiger charge is 2.33. The van der Waals surface area contributed by atoms with Crippen molar-refractivity contribution in [2.75, 3.05) is 26.2 Å². The maximum absolute atomic E-state index is 6.36. The van der Waals surface area contributed by atoms with Crippen LogP contribution in [0.4, 0.5) is 0 Å². The molecule has 1 aromatic carbocycles. The van der Waals surface area contributed by atoms with Gasteiger partial charge in [0.1, 0.15) is 0 Å². The zero-order valence-corrected chi connectivity index (χ0v) is 12.6. The molecule has 0 bridgehead atoms. The molecule has 1 aromatic rings. The number of halogens is 2. The van der Waals surface area contributed by atoms with Gasteiger partial charge in [-0.25, -0.2) is 0 Å². The molecule has 2 rings (SSSR count). The van der Waals surface area contributed by atoms with Crippen molar-refractivity contribution in [2.45, 2.75) is 25.5 Å². The highest BCUT2D eigenvalue weighted by atomic mass is 35.5. The molecule has 1 saturated heterocycles. The van der Waals surface area contributed by atoms with Gasteiger partial charge in [-0.2, -0.15) is 0 Å². The number of benzene rings is 1. The van der Waals surface area contributed by atoms with Crippen LogP contribution in [0.25, 0.3) is 0 Å². The van der Waals surface area contributed by atoms with E-state index in [1.165, 1.54) is 0 Å². The van der Waals surface area contributed by atoms with Crippen LogP contribution in [0.2, 0.25) is 10.0 Å². The molecular formula is C14H20Cl2N2O. The second-order valence-electron chi connectivity index (χ2n) is 4.77. The van der Waals surface area contributed by atoms with Crippen LogP contribution in [0.1, 0.15) is 24.9 Å². The van der Waals surface area contributed by atoms with Gasteiger partial charge < -0.3 is 10.5 Å². The topological polar surface area (TPSA) is 38.5 Å². The molecule has 1 aliphatic rings. The molecular weight excluding hydrogens is 283 g/mol. The van der Waals surface area contributed by atoms with Crippen molar-refractivity contribution in [1.82, 2.24) is 4.90 Å². The summed E-state index contributed by atoms with van der Waals surface area (Å²) in [7, 11) is 0. The molecule has 0 aliphatic carbocycles. The lowest BCUT2D eigenvalue weighted by Crippen LogP contribution is -2.48. The van der Waals surface area contributed by atoms with Gasteiger partial charge in [0.2, 0.25) is 0 Å². The maximum Gasteiger partial charge on any atom is 0.0894 e. The zero-order valence-electron chi connectivity index (χ0n) is 11.1. The lowest BCUT2D eigenvalue weighted by molar-refractivity contribution is -0.0676. The molecule has 3 nitrogen and oxygen atoms in total. The van der Waals surface area contributed by atoms with Crippen LogP contribution in [-0.2, 0) is 4.74 Å². The van der Waals surface area contributed by atoms with Gasteiger partial charge in [0, 0.05) is 13.1 Å². The Morgan fingerprint density at radius 1 is 1.42 bits per heavy atom. The Kier molecular flexibility index (Phi) is 5.48. The molecule has 2 N–H and O–H groups in total. The molecule has 1 fully saturated rings. The normalized spacial score (nSPS) is 24.6. The molecule has 5 heteroatoms. The van der Waals surface area contributed by atoms with E-state index >= 15 is 0 Å². The quantitative estimate of drug-likeness (QED) is 0.929. The molecule has 0 amide bonds. The number of morpholine rings is 1. The molecule has 1 aliphatic heterocycles. The highest BCUT2D eigenvalue weighted by Crippen LogP contribution is 2.36. The SMILES string of the molecule is CCCN1CCOC(CN)C1c1cccc(Cl)c1Cl. The molecule has 2 unspecified atom stereocenters. The fourth-order valence-corrected chi connectivity index (χ4v) is 3.09. The highest BCUT2D eigenvalue weighted by molar-refractivity contribution is 6.42. The number of ether oxygens (including phenoxy) is 1. The summed E-state index contributed by atoms with van der Waals surface area (Å²) in [4.78, 5) is 2.39. The number of hydrogen-bond acceptors (Lipinski definition) is 3. The van der Waals surface area contributed by atoms with Crippen molar-refractivity contribution in [3.8, 4) is 0 Å². The second kappa shape index (κ2) is 6.91. The van der Waals surface area contributed by atoms with E-state index in [4.69, 9.17) is 33.7 Å². The minimum absolute atomic E-state index is 0.0312. The van der Waals surface area contributed by atoms with E-state index in [1.807, 2.05) is 12.1 Å². The van der Waals surface area contributed by atoms with Crippen molar-refractivity contribution < 1.29 is 4.74 Å². The van der Waals surface area contributed by atoms with E-state index in [0.29, 0.717) is 16.6 Å². The van der Waals surface area contributed by atoms with Crippen LogP contribution < -0.4 is 5.73 Å². The van der Waals surface area contributed by atoms with Gasteiger partial charge >= 0.3 is 0 Å². The number of nitrogens with two attached hydrogens (primary N) is 1. The number of hydrogen-bond donors (Lipinski definition) is 1. The van der Waals surface area contributed by atoms with Crippen LogP contribution >= 0.6 is 23.2 Å². The maximum atomic E-state index is 6.36. The summed E-state index contributed by atoms with van der Waals surface area (Å²) in [6, 6.07) is 5.83. The van der Waals surface area contributed by atoms with Crippen LogP contribution in [0.15, 0.2) is 18.2 Å². The van der Waals surface area contributed by atoms with Gasteiger partial charge in [-0.05, 0) is 24.6 Å². The van der Waals surface area contributed by atoms with Crippen molar-refractivity contribution >= 4 is 23.2 Å². The summed E-state index contributed by atoms with van der Waals surface area (Å²) in [5, 5.41) is 1.19. The molecule has 2 atom stereocenters. The van der Waals surface area contributed by atoms with Gasteiger partial charge in [0.15, 0.2) is 0 Å². The van der Waals surface area contributed by atoms with E-state index < -0.39 is 0 Å². The Balaban J connectivity index is 2.36. The van der Waals surface area contributed by atoms with Gasteiger partial charge in [-0.15, -0.1) is 0 Å². The third kappa shape index (κ3) is 3.23.